The number of benzene rings is 1. The number of aromatic nitrogens is 1. The Hall–Kier alpha value is -2.14. The number of aromatic carboxylic acids is 1. The van der Waals surface area contributed by atoms with Crippen molar-refractivity contribution in [3.05, 3.63) is 36.0 Å². The van der Waals surface area contributed by atoms with Crippen molar-refractivity contribution in [2.24, 2.45) is 0 Å². The van der Waals surface area contributed by atoms with Crippen LogP contribution in [0.4, 0.5) is 5.69 Å². The Morgan fingerprint density at radius 3 is 2.52 bits per heavy atom. The van der Waals surface area contributed by atoms with Crippen LogP contribution in [-0.2, 0) is 0 Å². The van der Waals surface area contributed by atoms with Crippen LogP contribution in [0, 0.1) is 0 Å². The number of hydrogen-bond acceptors (Lipinski definition) is 4. The first-order valence-corrected chi connectivity index (χ1v) is 7.07. The zero-order valence-corrected chi connectivity index (χ0v) is 12.3. The molecule has 0 atom stereocenters. The third-order valence-electron chi connectivity index (χ3n) is 4.05. The van der Waals surface area contributed by atoms with Gasteiger partial charge in [0.1, 0.15) is 5.56 Å². The van der Waals surface area contributed by atoms with Crippen LogP contribution in [-0.4, -0.2) is 33.3 Å². The molecular weight excluding hydrogens is 268 g/mol. The molecule has 1 aromatic heterocycles. The largest absolute Gasteiger partial charge is 0.478 e. The van der Waals surface area contributed by atoms with Crippen LogP contribution in [0.5, 0.6) is 0 Å². The van der Waals surface area contributed by atoms with Crippen molar-refractivity contribution in [1.82, 2.24) is 4.98 Å². The standard InChI is InChI=1S/C16H20N2O3/c1-3-16(4-2,10-19)18-14-11-7-5-6-8-13(11)17-9-12(14)15(20)21/h5-9,19H,3-4,10H2,1-2H3,(H,17,18)(H,20,21). The molecule has 2 rings (SSSR count). The van der Waals surface area contributed by atoms with Crippen LogP contribution in [0.2, 0.25) is 0 Å². The number of fused-ring (bicyclic) bond motifs is 1. The van der Waals surface area contributed by atoms with Gasteiger partial charge in [-0.25, -0.2) is 4.79 Å². The summed E-state index contributed by atoms with van der Waals surface area (Å²) in [6, 6.07) is 7.38. The number of aliphatic hydroxyl groups excluding tert-OH is 1. The van der Waals surface area contributed by atoms with Gasteiger partial charge in [-0.3, -0.25) is 4.98 Å². The Morgan fingerprint density at radius 1 is 1.29 bits per heavy atom. The molecule has 0 aliphatic carbocycles. The van der Waals surface area contributed by atoms with Crippen LogP contribution < -0.4 is 5.32 Å². The third-order valence-corrected chi connectivity index (χ3v) is 4.05. The van der Waals surface area contributed by atoms with Crippen LogP contribution in [0.1, 0.15) is 37.0 Å². The molecule has 0 unspecified atom stereocenters. The number of para-hydroxylation sites is 1. The number of nitrogens with zero attached hydrogens (tertiary/aromatic N) is 1. The average Bonchev–Trinajstić information content (AvgIpc) is 2.52. The first-order chi connectivity index (χ1) is 10.1. The maximum absolute atomic E-state index is 11.5. The number of carboxylic acids is 1. The summed E-state index contributed by atoms with van der Waals surface area (Å²) in [5, 5.41) is 23.1. The average molecular weight is 288 g/mol. The molecule has 112 valence electrons. The van der Waals surface area contributed by atoms with Crippen LogP contribution >= 0.6 is 0 Å². The molecule has 21 heavy (non-hydrogen) atoms. The number of hydrogen-bond donors (Lipinski definition) is 3. The lowest BCUT2D eigenvalue weighted by molar-refractivity contribution is 0.0697. The van der Waals surface area contributed by atoms with Gasteiger partial charge in [0.05, 0.1) is 23.3 Å². The molecule has 0 radical (unpaired) electrons. The van der Waals surface area contributed by atoms with E-state index < -0.39 is 11.5 Å². The smallest absolute Gasteiger partial charge is 0.339 e. The van der Waals surface area contributed by atoms with Crippen molar-refractivity contribution in [1.29, 1.82) is 0 Å². The van der Waals surface area contributed by atoms with Gasteiger partial charge in [-0.2, -0.15) is 0 Å². The number of anilines is 1. The SMILES string of the molecule is CCC(CC)(CO)Nc1c(C(=O)O)cnc2ccccc12. The molecule has 0 aliphatic rings. The molecule has 0 saturated heterocycles. The maximum atomic E-state index is 11.5. The van der Waals surface area contributed by atoms with Crippen molar-refractivity contribution < 1.29 is 15.0 Å². The van der Waals surface area contributed by atoms with Crippen molar-refractivity contribution in [2.75, 3.05) is 11.9 Å². The van der Waals surface area contributed by atoms with E-state index in [1.165, 1.54) is 6.20 Å². The van der Waals surface area contributed by atoms with Crippen molar-refractivity contribution in [3.8, 4) is 0 Å². The second kappa shape index (κ2) is 6.10. The summed E-state index contributed by atoms with van der Waals surface area (Å²) >= 11 is 0. The number of carboxylic acid groups (broad SMARTS) is 1. The maximum Gasteiger partial charge on any atom is 0.339 e. The van der Waals surface area contributed by atoms with Crippen molar-refractivity contribution >= 4 is 22.6 Å². The van der Waals surface area contributed by atoms with Gasteiger partial charge >= 0.3 is 5.97 Å². The predicted octanol–water partition coefficient (Wildman–Crippen LogP) is 2.90. The second-order valence-electron chi connectivity index (χ2n) is 5.14. The Labute approximate surface area is 123 Å². The van der Waals surface area contributed by atoms with Crippen LogP contribution in [0.15, 0.2) is 30.5 Å². The van der Waals surface area contributed by atoms with E-state index in [2.05, 4.69) is 10.3 Å². The van der Waals surface area contributed by atoms with E-state index in [0.717, 1.165) is 10.9 Å². The zero-order chi connectivity index (χ0) is 15.5. The lowest BCUT2D eigenvalue weighted by atomic mass is 9.92. The molecule has 0 spiro atoms. The van der Waals surface area contributed by atoms with Crippen molar-refractivity contribution in [3.63, 3.8) is 0 Å². The van der Waals surface area contributed by atoms with E-state index in [-0.39, 0.29) is 12.2 Å². The number of rotatable bonds is 6. The summed E-state index contributed by atoms with van der Waals surface area (Å²) in [7, 11) is 0. The molecule has 0 amide bonds. The van der Waals surface area contributed by atoms with Gasteiger partial charge in [-0.1, -0.05) is 32.0 Å². The lowest BCUT2D eigenvalue weighted by Gasteiger charge is -2.33. The molecule has 0 bridgehead atoms. The number of aliphatic hydroxyl groups is 1. The van der Waals surface area contributed by atoms with Gasteiger partial charge in [-0.15, -0.1) is 0 Å². The molecule has 5 heteroatoms. The molecule has 0 aliphatic heterocycles. The summed E-state index contributed by atoms with van der Waals surface area (Å²) in [6.07, 6.45) is 2.74. The molecular formula is C16H20N2O3. The normalized spacial score (nSPS) is 11.6. The quantitative estimate of drug-likeness (QED) is 0.761. The van der Waals surface area contributed by atoms with Gasteiger partial charge in [0.15, 0.2) is 0 Å². The van der Waals surface area contributed by atoms with Crippen molar-refractivity contribution in [2.45, 2.75) is 32.2 Å². The Balaban J connectivity index is 2.64. The fraction of sp³-hybridized carbons (Fsp3) is 0.375. The topological polar surface area (TPSA) is 82.5 Å². The number of carbonyl (C=O) groups is 1. The van der Waals surface area contributed by atoms with E-state index in [0.29, 0.717) is 18.5 Å². The highest BCUT2D eigenvalue weighted by molar-refractivity contribution is 6.04. The van der Waals surface area contributed by atoms with Gasteiger partial charge in [-0.05, 0) is 18.9 Å². The lowest BCUT2D eigenvalue weighted by Crippen LogP contribution is -2.41. The summed E-state index contributed by atoms with van der Waals surface area (Å²) in [5.41, 5.74) is 0.831. The summed E-state index contributed by atoms with van der Waals surface area (Å²) in [5.74, 6) is -1.03. The Morgan fingerprint density at radius 2 is 1.95 bits per heavy atom. The fourth-order valence-corrected chi connectivity index (χ4v) is 2.39. The molecule has 3 N–H and O–H groups in total. The first-order valence-electron chi connectivity index (χ1n) is 7.07. The van der Waals surface area contributed by atoms with E-state index in [4.69, 9.17) is 0 Å². The highest BCUT2D eigenvalue weighted by Gasteiger charge is 2.28. The first kappa shape index (κ1) is 15.3. The van der Waals surface area contributed by atoms with Gasteiger partial charge in [0.25, 0.3) is 0 Å². The fourth-order valence-electron chi connectivity index (χ4n) is 2.39. The summed E-state index contributed by atoms with van der Waals surface area (Å²) in [4.78, 5) is 15.7. The zero-order valence-electron chi connectivity index (χ0n) is 12.3. The predicted molar refractivity (Wildman–Crippen MR) is 82.7 cm³/mol. The molecule has 5 nitrogen and oxygen atoms in total. The van der Waals surface area contributed by atoms with Gasteiger partial charge in [0.2, 0.25) is 0 Å². The Kier molecular flexibility index (Phi) is 4.43. The monoisotopic (exact) mass is 288 g/mol. The molecule has 2 aromatic rings. The van der Waals surface area contributed by atoms with Gasteiger partial charge in [0, 0.05) is 11.6 Å². The summed E-state index contributed by atoms with van der Waals surface area (Å²) in [6.45, 7) is 3.88. The third kappa shape index (κ3) is 2.83. The minimum absolute atomic E-state index is 0.0598. The second-order valence-corrected chi connectivity index (χ2v) is 5.14. The van der Waals surface area contributed by atoms with E-state index in [1.54, 1.807) is 0 Å². The highest BCUT2D eigenvalue weighted by atomic mass is 16.4. The number of pyridine rings is 1. The molecule has 0 saturated carbocycles. The Bertz CT molecular complexity index is 643. The van der Waals surface area contributed by atoms with E-state index >= 15 is 0 Å². The molecule has 1 heterocycles. The van der Waals surface area contributed by atoms with Gasteiger partial charge < -0.3 is 15.5 Å². The molecule has 0 fully saturated rings. The van der Waals surface area contributed by atoms with Crippen LogP contribution in [0.3, 0.4) is 0 Å². The number of nitrogens with one attached hydrogen (secondary N) is 1. The van der Waals surface area contributed by atoms with E-state index in [1.807, 2.05) is 38.1 Å². The summed E-state index contributed by atoms with van der Waals surface area (Å²) < 4.78 is 0. The minimum atomic E-state index is -1.03. The van der Waals surface area contributed by atoms with Crippen LogP contribution in [0.25, 0.3) is 10.9 Å². The highest BCUT2D eigenvalue weighted by Crippen LogP contribution is 2.30. The molecule has 1 aromatic carbocycles. The van der Waals surface area contributed by atoms with E-state index in [9.17, 15) is 15.0 Å². The minimum Gasteiger partial charge on any atom is -0.478 e.